The van der Waals surface area contributed by atoms with Crippen LogP contribution in [-0.2, 0) is 12.7 Å². The zero-order valence-corrected chi connectivity index (χ0v) is 15.0. The number of hydrogen-bond acceptors (Lipinski definition) is 4. The number of rotatable bonds is 5. The molecular formula is C19H19F5N4. The third-order valence-corrected chi connectivity index (χ3v) is 5.07. The van der Waals surface area contributed by atoms with Crippen molar-refractivity contribution in [3.05, 3.63) is 53.4 Å². The minimum Gasteiger partial charge on any atom is -0.334 e. The fourth-order valence-electron chi connectivity index (χ4n) is 3.75. The van der Waals surface area contributed by atoms with Crippen LogP contribution in [0.5, 0.6) is 0 Å². The molecule has 1 aromatic carbocycles. The van der Waals surface area contributed by atoms with Crippen molar-refractivity contribution in [3.63, 3.8) is 0 Å². The standard InChI is InChI=1S/C19H19F5N4/c20-13-7-12(8-14(21)9-13)10-27-6-4-16(11-27)28(15-1-2-15)18-25-5-3-17(26-18)19(22,23)24/h3,5,7-9,15-16H,1-2,4,6,10-11H2. The molecule has 28 heavy (non-hydrogen) atoms. The maximum atomic E-state index is 13.4. The van der Waals surface area contributed by atoms with E-state index in [-0.39, 0.29) is 18.0 Å². The molecule has 2 aliphatic rings. The van der Waals surface area contributed by atoms with Gasteiger partial charge in [0.05, 0.1) is 0 Å². The molecule has 2 heterocycles. The summed E-state index contributed by atoms with van der Waals surface area (Å²) >= 11 is 0. The highest BCUT2D eigenvalue weighted by Crippen LogP contribution is 2.36. The van der Waals surface area contributed by atoms with Crippen LogP contribution in [0.25, 0.3) is 0 Å². The predicted molar refractivity (Wildman–Crippen MR) is 92.6 cm³/mol. The van der Waals surface area contributed by atoms with Gasteiger partial charge in [-0.05, 0) is 43.0 Å². The Hall–Kier alpha value is -2.29. The summed E-state index contributed by atoms with van der Waals surface area (Å²) in [5.41, 5.74) is -0.417. The first kappa shape index (κ1) is 19.0. The van der Waals surface area contributed by atoms with Gasteiger partial charge in [-0.1, -0.05) is 0 Å². The molecule has 0 spiro atoms. The molecule has 1 saturated heterocycles. The number of nitrogens with zero attached hydrogens (tertiary/aromatic N) is 4. The van der Waals surface area contributed by atoms with Crippen LogP contribution in [0.15, 0.2) is 30.5 Å². The quantitative estimate of drug-likeness (QED) is 0.713. The van der Waals surface area contributed by atoms with E-state index < -0.39 is 23.5 Å². The van der Waals surface area contributed by atoms with Crippen LogP contribution in [0, 0.1) is 11.6 Å². The second-order valence-electron chi connectivity index (χ2n) is 7.33. The average molecular weight is 398 g/mol. The van der Waals surface area contributed by atoms with Gasteiger partial charge < -0.3 is 4.90 Å². The van der Waals surface area contributed by atoms with Gasteiger partial charge in [0, 0.05) is 44.0 Å². The molecule has 9 heteroatoms. The van der Waals surface area contributed by atoms with Gasteiger partial charge in [-0.15, -0.1) is 0 Å². The van der Waals surface area contributed by atoms with Crippen molar-refractivity contribution in [1.82, 2.24) is 14.9 Å². The highest BCUT2D eigenvalue weighted by molar-refractivity contribution is 5.37. The summed E-state index contributed by atoms with van der Waals surface area (Å²) in [5, 5.41) is 0. The van der Waals surface area contributed by atoms with Gasteiger partial charge in [0.25, 0.3) is 0 Å². The Labute approximate surface area is 159 Å². The Balaban J connectivity index is 1.49. The number of likely N-dealkylation sites (tertiary alicyclic amines) is 1. The van der Waals surface area contributed by atoms with E-state index in [1.807, 2.05) is 9.80 Å². The van der Waals surface area contributed by atoms with Gasteiger partial charge >= 0.3 is 6.18 Å². The highest BCUT2D eigenvalue weighted by atomic mass is 19.4. The van der Waals surface area contributed by atoms with Crippen LogP contribution in [0.1, 0.15) is 30.5 Å². The molecule has 2 aromatic rings. The Kier molecular flexibility index (Phi) is 4.95. The van der Waals surface area contributed by atoms with Crippen molar-refractivity contribution in [3.8, 4) is 0 Å². The number of aromatic nitrogens is 2. The normalized spacial score (nSPS) is 20.5. The molecule has 1 saturated carbocycles. The van der Waals surface area contributed by atoms with Crippen LogP contribution in [0.4, 0.5) is 27.9 Å². The first-order valence-electron chi connectivity index (χ1n) is 9.15. The number of hydrogen-bond donors (Lipinski definition) is 0. The fourth-order valence-corrected chi connectivity index (χ4v) is 3.75. The largest absolute Gasteiger partial charge is 0.433 e. The molecule has 4 rings (SSSR count). The van der Waals surface area contributed by atoms with Crippen LogP contribution < -0.4 is 4.90 Å². The summed E-state index contributed by atoms with van der Waals surface area (Å²) in [6, 6.07) is 4.40. The monoisotopic (exact) mass is 398 g/mol. The summed E-state index contributed by atoms with van der Waals surface area (Å²) in [6.07, 6.45) is -0.858. The lowest BCUT2D eigenvalue weighted by Crippen LogP contribution is -2.40. The molecule has 1 aliphatic heterocycles. The molecular weight excluding hydrogens is 379 g/mol. The SMILES string of the molecule is Fc1cc(F)cc(CN2CCC(N(c3nccc(C(F)(F)F)n3)C3CC3)C2)c1. The third kappa shape index (κ3) is 4.24. The molecule has 4 nitrogen and oxygen atoms in total. The minimum absolute atomic E-state index is 0.0330. The van der Waals surface area contributed by atoms with Crippen molar-refractivity contribution >= 4 is 5.95 Å². The van der Waals surface area contributed by atoms with E-state index in [0.29, 0.717) is 25.2 Å². The molecule has 0 bridgehead atoms. The van der Waals surface area contributed by atoms with Crippen molar-refractivity contribution in [2.45, 2.75) is 44.1 Å². The van der Waals surface area contributed by atoms with Crippen LogP contribution in [0.2, 0.25) is 0 Å². The lowest BCUT2D eigenvalue weighted by atomic mass is 10.2. The summed E-state index contributed by atoms with van der Waals surface area (Å²) < 4.78 is 65.9. The number of benzene rings is 1. The Morgan fingerprint density at radius 2 is 1.75 bits per heavy atom. The van der Waals surface area contributed by atoms with Gasteiger partial charge in [-0.2, -0.15) is 13.2 Å². The number of anilines is 1. The van der Waals surface area contributed by atoms with E-state index in [4.69, 9.17) is 0 Å². The molecule has 1 aromatic heterocycles. The Morgan fingerprint density at radius 3 is 2.39 bits per heavy atom. The lowest BCUT2D eigenvalue weighted by Gasteiger charge is -2.29. The Bertz CT molecular complexity index is 832. The van der Waals surface area contributed by atoms with Crippen molar-refractivity contribution in [1.29, 1.82) is 0 Å². The van der Waals surface area contributed by atoms with Gasteiger partial charge in [-0.3, -0.25) is 4.90 Å². The lowest BCUT2D eigenvalue weighted by molar-refractivity contribution is -0.141. The zero-order chi connectivity index (χ0) is 19.9. The molecule has 0 radical (unpaired) electrons. The van der Waals surface area contributed by atoms with Gasteiger partial charge in [-0.25, -0.2) is 18.7 Å². The van der Waals surface area contributed by atoms with Gasteiger partial charge in [0.2, 0.25) is 5.95 Å². The van der Waals surface area contributed by atoms with E-state index in [2.05, 4.69) is 9.97 Å². The maximum absolute atomic E-state index is 13.4. The zero-order valence-electron chi connectivity index (χ0n) is 15.0. The van der Waals surface area contributed by atoms with Crippen LogP contribution in [0.3, 0.4) is 0 Å². The average Bonchev–Trinajstić information content (AvgIpc) is 3.33. The van der Waals surface area contributed by atoms with Crippen molar-refractivity contribution in [2.75, 3.05) is 18.0 Å². The molecule has 150 valence electrons. The fraction of sp³-hybridized carbons (Fsp3) is 0.474. The summed E-state index contributed by atoms with van der Waals surface area (Å²) in [7, 11) is 0. The molecule has 1 atom stereocenters. The maximum Gasteiger partial charge on any atom is 0.433 e. The van der Waals surface area contributed by atoms with E-state index in [1.54, 1.807) is 0 Å². The van der Waals surface area contributed by atoms with E-state index >= 15 is 0 Å². The molecule has 1 aliphatic carbocycles. The topological polar surface area (TPSA) is 32.3 Å². The Morgan fingerprint density at radius 1 is 1.04 bits per heavy atom. The highest BCUT2D eigenvalue weighted by Gasteiger charge is 2.40. The van der Waals surface area contributed by atoms with Crippen LogP contribution in [-0.4, -0.2) is 40.0 Å². The summed E-state index contributed by atoms with van der Waals surface area (Å²) in [5.74, 6) is -1.15. The molecule has 0 N–H and O–H groups in total. The van der Waals surface area contributed by atoms with Crippen molar-refractivity contribution in [2.24, 2.45) is 0 Å². The second-order valence-corrected chi connectivity index (χ2v) is 7.33. The summed E-state index contributed by atoms with van der Waals surface area (Å²) in [4.78, 5) is 11.8. The smallest absolute Gasteiger partial charge is 0.334 e. The van der Waals surface area contributed by atoms with E-state index in [1.165, 1.54) is 12.1 Å². The second kappa shape index (κ2) is 7.27. The first-order valence-corrected chi connectivity index (χ1v) is 9.15. The van der Waals surface area contributed by atoms with Gasteiger partial charge in [0.1, 0.15) is 17.3 Å². The third-order valence-electron chi connectivity index (χ3n) is 5.07. The molecule has 0 amide bonds. The molecule has 2 fully saturated rings. The predicted octanol–water partition coefficient (Wildman–Crippen LogP) is 4.02. The minimum atomic E-state index is -4.52. The van der Waals surface area contributed by atoms with E-state index in [9.17, 15) is 22.0 Å². The number of halogens is 5. The van der Waals surface area contributed by atoms with Crippen molar-refractivity contribution < 1.29 is 22.0 Å². The first-order chi connectivity index (χ1) is 13.3. The van der Waals surface area contributed by atoms with E-state index in [0.717, 1.165) is 37.6 Å². The number of alkyl halides is 3. The summed E-state index contributed by atoms with van der Waals surface area (Å²) in [6.45, 7) is 1.65. The molecule has 1 unspecified atom stereocenters. The van der Waals surface area contributed by atoms with Gasteiger partial charge in [0.15, 0.2) is 0 Å². The van der Waals surface area contributed by atoms with Crippen LogP contribution >= 0.6 is 0 Å².